The van der Waals surface area contributed by atoms with E-state index in [0.717, 1.165) is 30.8 Å². The molecule has 1 aliphatic heterocycles. The molecule has 0 saturated carbocycles. The highest BCUT2D eigenvalue weighted by molar-refractivity contribution is 5.94. The predicted molar refractivity (Wildman–Crippen MR) is 90.5 cm³/mol. The molecule has 1 aromatic carbocycles. The van der Waals surface area contributed by atoms with Gasteiger partial charge in [0.15, 0.2) is 0 Å². The van der Waals surface area contributed by atoms with Crippen molar-refractivity contribution in [2.24, 2.45) is 0 Å². The number of benzene rings is 1. The average Bonchev–Trinajstić information content (AvgIpc) is 2.82. The summed E-state index contributed by atoms with van der Waals surface area (Å²) < 4.78 is 11.1. The first kappa shape index (κ1) is 18.6. The standard InChI is InChI=1S/C16H24N2O3.ClH/c1-5-18(6-2)10-16(19)17-13-9-14-12(7-11(3)21-14)8-15(13)20-4;/h8-9,11H,5-7,10H2,1-4H3,(H,17,19);1H. The number of nitrogens with one attached hydrogen (secondary N) is 1. The lowest BCUT2D eigenvalue weighted by atomic mass is 10.1. The van der Waals surface area contributed by atoms with Crippen LogP contribution < -0.4 is 14.8 Å². The Bertz CT molecular complexity index is 518. The zero-order valence-corrected chi connectivity index (χ0v) is 14.5. The summed E-state index contributed by atoms with van der Waals surface area (Å²) >= 11 is 0. The van der Waals surface area contributed by atoms with Crippen LogP contribution in [0.2, 0.25) is 0 Å². The Balaban J connectivity index is 0.00000242. The van der Waals surface area contributed by atoms with Crippen molar-refractivity contribution in [2.45, 2.75) is 33.3 Å². The van der Waals surface area contributed by atoms with Crippen molar-refractivity contribution in [1.82, 2.24) is 4.90 Å². The van der Waals surface area contributed by atoms with Gasteiger partial charge in [-0.25, -0.2) is 0 Å². The number of fused-ring (bicyclic) bond motifs is 1. The fraction of sp³-hybridized carbons (Fsp3) is 0.562. The highest BCUT2D eigenvalue weighted by Crippen LogP contribution is 2.37. The summed E-state index contributed by atoms with van der Waals surface area (Å²) in [6.45, 7) is 8.21. The first-order chi connectivity index (χ1) is 10.1. The van der Waals surface area contributed by atoms with Gasteiger partial charge < -0.3 is 14.8 Å². The van der Waals surface area contributed by atoms with Crippen LogP contribution in [0.5, 0.6) is 11.5 Å². The molecule has 1 aromatic rings. The molecule has 0 aliphatic carbocycles. The summed E-state index contributed by atoms with van der Waals surface area (Å²) in [7, 11) is 1.61. The molecule has 1 heterocycles. The highest BCUT2D eigenvalue weighted by Gasteiger charge is 2.22. The van der Waals surface area contributed by atoms with Gasteiger partial charge in [0.2, 0.25) is 5.91 Å². The minimum absolute atomic E-state index is 0. The van der Waals surface area contributed by atoms with E-state index in [1.54, 1.807) is 7.11 Å². The molecule has 5 nitrogen and oxygen atoms in total. The Kier molecular flexibility index (Phi) is 6.97. The lowest BCUT2D eigenvalue weighted by molar-refractivity contribution is -0.117. The third kappa shape index (κ3) is 4.27. The molecule has 6 heteroatoms. The molecular formula is C16H25ClN2O3. The second-order valence-electron chi connectivity index (χ2n) is 5.30. The molecule has 1 aliphatic rings. The Morgan fingerprint density at radius 3 is 2.68 bits per heavy atom. The number of amides is 1. The molecule has 124 valence electrons. The first-order valence-corrected chi connectivity index (χ1v) is 7.47. The smallest absolute Gasteiger partial charge is 0.238 e. The maximum atomic E-state index is 12.1. The molecule has 0 spiro atoms. The Hall–Kier alpha value is -1.46. The minimum atomic E-state index is -0.0389. The van der Waals surface area contributed by atoms with E-state index in [1.807, 2.05) is 32.9 Å². The Labute approximate surface area is 138 Å². The van der Waals surface area contributed by atoms with Crippen LogP contribution in [0.1, 0.15) is 26.3 Å². The van der Waals surface area contributed by atoms with Crippen LogP contribution in [0, 0.1) is 0 Å². The van der Waals surface area contributed by atoms with E-state index in [2.05, 4.69) is 10.2 Å². The van der Waals surface area contributed by atoms with Gasteiger partial charge in [0.1, 0.15) is 17.6 Å². The van der Waals surface area contributed by atoms with Gasteiger partial charge in [-0.2, -0.15) is 0 Å². The molecule has 22 heavy (non-hydrogen) atoms. The van der Waals surface area contributed by atoms with Gasteiger partial charge >= 0.3 is 0 Å². The number of methoxy groups -OCH3 is 1. The van der Waals surface area contributed by atoms with Crippen LogP contribution in [0.15, 0.2) is 12.1 Å². The summed E-state index contributed by atoms with van der Waals surface area (Å²) in [6, 6.07) is 3.81. The first-order valence-electron chi connectivity index (χ1n) is 7.47. The van der Waals surface area contributed by atoms with Crippen molar-refractivity contribution in [1.29, 1.82) is 0 Å². The summed E-state index contributed by atoms with van der Waals surface area (Å²) in [5, 5.41) is 2.92. The van der Waals surface area contributed by atoms with Crippen molar-refractivity contribution < 1.29 is 14.3 Å². The molecule has 0 fully saturated rings. The molecule has 2 rings (SSSR count). The minimum Gasteiger partial charge on any atom is -0.495 e. The molecule has 0 radical (unpaired) electrons. The lowest BCUT2D eigenvalue weighted by Gasteiger charge is -2.18. The fourth-order valence-electron chi connectivity index (χ4n) is 2.55. The third-order valence-corrected chi connectivity index (χ3v) is 3.75. The van der Waals surface area contributed by atoms with Crippen LogP contribution in [0.25, 0.3) is 0 Å². The van der Waals surface area contributed by atoms with Crippen LogP contribution >= 0.6 is 12.4 Å². The summed E-state index contributed by atoms with van der Waals surface area (Å²) in [4.78, 5) is 14.2. The normalized spacial score (nSPS) is 15.8. The van der Waals surface area contributed by atoms with Crippen LogP contribution in [0.3, 0.4) is 0 Å². The second kappa shape index (κ2) is 8.25. The number of nitrogens with zero attached hydrogens (tertiary/aromatic N) is 1. The number of hydrogen-bond donors (Lipinski definition) is 1. The topological polar surface area (TPSA) is 50.8 Å². The zero-order valence-electron chi connectivity index (χ0n) is 13.6. The molecule has 1 amide bonds. The maximum absolute atomic E-state index is 12.1. The third-order valence-electron chi connectivity index (χ3n) is 3.75. The van der Waals surface area contributed by atoms with E-state index in [9.17, 15) is 4.79 Å². The van der Waals surface area contributed by atoms with Crippen molar-refractivity contribution in [3.8, 4) is 11.5 Å². The predicted octanol–water partition coefficient (Wildman–Crippen LogP) is 2.72. The van der Waals surface area contributed by atoms with Gasteiger partial charge in [-0.05, 0) is 26.1 Å². The van der Waals surface area contributed by atoms with Crippen LogP contribution in [0.4, 0.5) is 5.69 Å². The van der Waals surface area contributed by atoms with E-state index in [-0.39, 0.29) is 24.4 Å². The van der Waals surface area contributed by atoms with Gasteiger partial charge in [0, 0.05) is 18.1 Å². The number of likely N-dealkylation sites (N-methyl/N-ethyl adjacent to an activating group) is 1. The summed E-state index contributed by atoms with van der Waals surface area (Å²) in [5.41, 5.74) is 1.79. The van der Waals surface area contributed by atoms with E-state index in [0.29, 0.717) is 18.0 Å². The van der Waals surface area contributed by atoms with E-state index >= 15 is 0 Å². The summed E-state index contributed by atoms with van der Waals surface area (Å²) in [6.07, 6.45) is 1.05. The van der Waals surface area contributed by atoms with Crippen molar-refractivity contribution in [3.63, 3.8) is 0 Å². The fourth-order valence-corrected chi connectivity index (χ4v) is 2.55. The number of ether oxygens (including phenoxy) is 2. The van der Waals surface area contributed by atoms with Gasteiger partial charge in [-0.3, -0.25) is 9.69 Å². The molecule has 1 unspecified atom stereocenters. The Morgan fingerprint density at radius 1 is 1.41 bits per heavy atom. The molecule has 1 N–H and O–H groups in total. The van der Waals surface area contributed by atoms with Gasteiger partial charge in [0.05, 0.1) is 19.3 Å². The lowest BCUT2D eigenvalue weighted by Crippen LogP contribution is -2.33. The summed E-state index contributed by atoms with van der Waals surface area (Å²) in [5.74, 6) is 1.48. The molecule has 0 saturated heterocycles. The van der Waals surface area contributed by atoms with Crippen molar-refractivity contribution >= 4 is 24.0 Å². The van der Waals surface area contributed by atoms with Gasteiger partial charge in [0.25, 0.3) is 0 Å². The van der Waals surface area contributed by atoms with Crippen LogP contribution in [-0.4, -0.2) is 43.7 Å². The Morgan fingerprint density at radius 2 is 2.09 bits per heavy atom. The average molecular weight is 329 g/mol. The highest BCUT2D eigenvalue weighted by atomic mass is 35.5. The maximum Gasteiger partial charge on any atom is 0.238 e. The largest absolute Gasteiger partial charge is 0.495 e. The second-order valence-corrected chi connectivity index (χ2v) is 5.30. The van der Waals surface area contributed by atoms with Crippen LogP contribution in [-0.2, 0) is 11.2 Å². The SMILES string of the molecule is CCN(CC)CC(=O)Nc1cc2c(cc1OC)CC(C)O2.Cl. The van der Waals surface area contributed by atoms with Gasteiger partial charge in [-0.15, -0.1) is 12.4 Å². The number of carbonyl (C=O) groups excluding carboxylic acids is 1. The zero-order chi connectivity index (χ0) is 15.4. The number of rotatable bonds is 6. The number of anilines is 1. The van der Waals surface area contributed by atoms with E-state index in [1.165, 1.54) is 0 Å². The van der Waals surface area contributed by atoms with E-state index < -0.39 is 0 Å². The van der Waals surface area contributed by atoms with Crippen molar-refractivity contribution in [3.05, 3.63) is 17.7 Å². The number of carbonyl (C=O) groups is 1. The molecule has 0 bridgehead atoms. The van der Waals surface area contributed by atoms with E-state index in [4.69, 9.17) is 9.47 Å². The van der Waals surface area contributed by atoms with Gasteiger partial charge in [-0.1, -0.05) is 13.8 Å². The van der Waals surface area contributed by atoms with Crippen molar-refractivity contribution in [2.75, 3.05) is 32.1 Å². The number of hydrogen-bond acceptors (Lipinski definition) is 4. The molecule has 0 aromatic heterocycles. The monoisotopic (exact) mass is 328 g/mol. The molecular weight excluding hydrogens is 304 g/mol. The number of halogens is 1. The molecule has 1 atom stereocenters. The quantitative estimate of drug-likeness (QED) is 0.872.